The molecule has 2 aromatic rings. The summed E-state index contributed by atoms with van der Waals surface area (Å²) in [7, 11) is 0. The molecule has 7 heteroatoms. The van der Waals surface area contributed by atoms with Gasteiger partial charge >= 0.3 is 5.69 Å². The van der Waals surface area contributed by atoms with E-state index in [1.165, 1.54) is 0 Å². The highest BCUT2D eigenvalue weighted by Gasteiger charge is 2.16. The van der Waals surface area contributed by atoms with E-state index in [2.05, 4.69) is 10.3 Å². The number of H-pyrrole nitrogens is 1. The fourth-order valence-electron chi connectivity index (χ4n) is 1.95. The second-order valence-corrected chi connectivity index (χ2v) is 5.53. The van der Waals surface area contributed by atoms with E-state index in [1.807, 2.05) is 0 Å². The van der Waals surface area contributed by atoms with Gasteiger partial charge in [0, 0.05) is 17.3 Å². The Bertz CT molecular complexity index is 808. The van der Waals surface area contributed by atoms with Crippen LogP contribution < -0.4 is 16.6 Å². The third-order valence-electron chi connectivity index (χ3n) is 3.01. The lowest BCUT2D eigenvalue weighted by molar-refractivity contribution is 0.0940. The average molecular weight is 322 g/mol. The van der Waals surface area contributed by atoms with Crippen LogP contribution in [0, 0.1) is 0 Å². The molecule has 1 aromatic heterocycles. The van der Waals surface area contributed by atoms with Crippen molar-refractivity contribution in [3.8, 4) is 0 Å². The van der Waals surface area contributed by atoms with Crippen molar-refractivity contribution in [1.29, 1.82) is 0 Å². The molecule has 1 aromatic carbocycles. The number of halogens is 1. The van der Waals surface area contributed by atoms with Gasteiger partial charge in [0.1, 0.15) is 5.56 Å². The maximum atomic E-state index is 12.4. The minimum atomic E-state index is -0.651. The summed E-state index contributed by atoms with van der Waals surface area (Å²) in [4.78, 5) is 38.6. The number of hydrogen-bond acceptors (Lipinski definition) is 3. The number of aromatic amines is 1. The summed E-state index contributed by atoms with van der Waals surface area (Å²) in [6.07, 6.45) is 1.13. The molecule has 0 saturated carbocycles. The molecule has 2 rings (SSSR count). The van der Waals surface area contributed by atoms with Crippen LogP contribution in [0.4, 0.5) is 0 Å². The third-order valence-corrected chi connectivity index (χ3v) is 3.38. The fourth-order valence-corrected chi connectivity index (χ4v) is 2.15. The number of rotatable bonds is 4. The monoisotopic (exact) mass is 321 g/mol. The number of nitrogens with zero attached hydrogens (tertiary/aromatic N) is 1. The molecule has 0 atom stereocenters. The van der Waals surface area contributed by atoms with Gasteiger partial charge in [-0.3, -0.25) is 14.2 Å². The Kier molecular flexibility index (Phi) is 4.82. The van der Waals surface area contributed by atoms with Gasteiger partial charge in [0.05, 0.1) is 6.54 Å². The Balaban J connectivity index is 2.45. The lowest BCUT2D eigenvalue weighted by Gasteiger charge is -2.10. The molecule has 0 aliphatic rings. The molecule has 0 bridgehead atoms. The highest BCUT2D eigenvalue weighted by atomic mass is 35.5. The van der Waals surface area contributed by atoms with Crippen molar-refractivity contribution in [2.45, 2.75) is 26.4 Å². The summed E-state index contributed by atoms with van der Waals surface area (Å²) in [5, 5.41) is 3.07. The molecule has 0 fully saturated rings. The van der Waals surface area contributed by atoms with Crippen molar-refractivity contribution in [2.75, 3.05) is 0 Å². The third kappa shape index (κ3) is 3.46. The van der Waals surface area contributed by atoms with Crippen LogP contribution >= 0.6 is 11.6 Å². The molecule has 2 N–H and O–H groups in total. The molecule has 6 nitrogen and oxygen atoms in total. The zero-order valence-electron chi connectivity index (χ0n) is 12.2. The molecule has 1 amide bonds. The average Bonchev–Trinajstić information content (AvgIpc) is 2.44. The number of benzene rings is 1. The van der Waals surface area contributed by atoms with Gasteiger partial charge in [0.2, 0.25) is 0 Å². The summed E-state index contributed by atoms with van der Waals surface area (Å²) in [5.41, 5.74) is -0.730. The predicted octanol–water partition coefficient (Wildman–Crippen LogP) is 1.38. The largest absolute Gasteiger partial charge is 0.350 e. The van der Waals surface area contributed by atoms with E-state index in [0.717, 1.165) is 10.8 Å². The minimum Gasteiger partial charge on any atom is -0.350 e. The van der Waals surface area contributed by atoms with Crippen molar-refractivity contribution in [3.05, 3.63) is 67.4 Å². The second kappa shape index (κ2) is 6.62. The number of aromatic nitrogens is 2. The van der Waals surface area contributed by atoms with E-state index in [0.29, 0.717) is 10.6 Å². The predicted molar refractivity (Wildman–Crippen MR) is 84.5 cm³/mol. The van der Waals surface area contributed by atoms with Crippen LogP contribution in [0.25, 0.3) is 0 Å². The lowest BCUT2D eigenvalue weighted by atomic mass is 10.2. The molecule has 0 radical (unpaired) electrons. The van der Waals surface area contributed by atoms with E-state index in [1.54, 1.807) is 38.1 Å². The quantitative estimate of drug-likeness (QED) is 0.892. The molecule has 0 saturated heterocycles. The molecule has 0 aliphatic heterocycles. The van der Waals surface area contributed by atoms with Crippen LogP contribution in [0.2, 0.25) is 5.02 Å². The SMILES string of the molecule is CC(C)NC(=O)c1c[nH]c(=O)n(Cc2ccccc2Cl)c1=O. The molecule has 0 spiro atoms. The van der Waals surface area contributed by atoms with Crippen molar-refractivity contribution in [1.82, 2.24) is 14.9 Å². The van der Waals surface area contributed by atoms with Crippen molar-refractivity contribution in [2.24, 2.45) is 0 Å². The normalized spacial score (nSPS) is 10.7. The van der Waals surface area contributed by atoms with Crippen LogP contribution in [-0.2, 0) is 6.54 Å². The van der Waals surface area contributed by atoms with Gasteiger partial charge in [-0.1, -0.05) is 29.8 Å². The molecular weight excluding hydrogens is 306 g/mol. The maximum Gasteiger partial charge on any atom is 0.328 e. The van der Waals surface area contributed by atoms with E-state index in [9.17, 15) is 14.4 Å². The van der Waals surface area contributed by atoms with Crippen molar-refractivity contribution in [3.63, 3.8) is 0 Å². The zero-order valence-corrected chi connectivity index (χ0v) is 13.0. The first kappa shape index (κ1) is 16.0. The molecule has 116 valence electrons. The van der Waals surface area contributed by atoms with Gasteiger partial charge in [-0.25, -0.2) is 4.79 Å². The Morgan fingerprint density at radius 2 is 2.00 bits per heavy atom. The summed E-state index contributed by atoms with van der Waals surface area (Å²) in [6, 6.07) is 6.79. The first-order valence-corrected chi connectivity index (χ1v) is 7.14. The molecule has 0 aliphatic carbocycles. The topological polar surface area (TPSA) is 84.0 Å². The lowest BCUT2D eigenvalue weighted by Crippen LogP contribution is -2.42. The molecule has 0 unspecified atom stereocenters. The van der Waals surface area contributed by atoms with Gasteiger partial charge in [-0.2, -0.15) is 0 Å². The number of hydrogen-bond donors (Lipinski definition) is 2. The van der Waals surface area contributed by atoms with E-state index in [-0.39, 0.29) is 18.2 Å². The fraction of sp³-hybridized carbons (Fsp3) is 0.267. The second-order valence-electron chi connectivity index (χ2n) is 5.12. The van der Waals surface area contributed by atoms with E-state index >= 15 is 0 Å². The maximum absolute atomic E-state index is 12.4. The first-order valence-electron chi connectivity index (χ1n) is 6.77. The molecule has 1 heterocycles. The van der Waals surface area contributed by atoms with Gasteiger partial charge < -0.3 is 10.3 Å². The van der Waals surface area contributed by atoms with Crippen molar-refractivity contribution >= 4 is 17.5 Å². The van der Waals surface area contributed by atoms with Gasteiger partial charge in [-0.15, -0.1) is 0 Å². The van der Waals surface area contributed by atoms with Gasteiger partial charge in [0.25, 0.3) is 11.5 Å². The van der Waals surface area contributed by atoms with Crippen LogP contribution in [-0.4, -0.2) is 21.5 Å². The highest BCUT2D eigenvalue weighted by Crippen LogP contribution is 2.14. The molecular formula is C15H16ClN3O3. The number of nitrogens with one attached hydrogen (secondary N) is 2. The molecule has 22 heavy (non-hydrogen) atoms. The Hall–Kier alpha value is -2.34. The summed E-state index contributed by atoms with van der Waals surface area (Å²) in [6.45, 7) is 3.56. The summed E-state index contributed by atoms with van der Waals surface area (Å²) >= 11 is 6.04. The number of carbonyl (C=O) groups is 1. The van der Waals surface area contributed by atoms with Crippen LogP contribution in [0.15, 0.2) is 40.1 Å². The minimum absolute atomic E-state index is 0.00333. The van der Waals surface area contributed by atoms with Gasteiger partial charge in [-0.05, 0) is 25.5 Å². The van der Waals surface area contributed by atoms with E-state index < -0.39 is 17.2 Å². The van der Waals surface area contributed by atoms with Crippen LogP contribution in [0.3, 0.4) is 0 Å². The Morgan fingerprint density at radius 1 is 1.32 bits per heavy atom. The van der Waals surface area contributed by atoms with Crippen LogP contribution in [0.1, 0.15) is 29.8 Å². The standard InChI is InChI=1S/C15H16ClN3O3/c1-9(2)18-13(20)11-7-17-15(22)19(14(11)21)8-10-5-3-4-6-12(10)16/h3-7,9H,8H2,1-2H3,(H,17,22)(H,18,20). The van der Waals surface area contributed by atoms with Crippen molar-refractivity contribution < 1.29 is 4.79 Å². The highest BCUT2D eigenvalue weighted by molar-refractivity contribution is 6.31. The Labute approximate surface area is 131 Å². The number of carbonyl (C=O) groups excluding carboxylic acids is 1. The summed E-state index contributed by atoms with van der Waals surface area (Å²) < 4.78 is 0.955. The van der Waals surface area contributed by atoms with Gasteiger partial charge in [0.15, 0.2) is 0 Å². The smallest absolute Gasteiger partial charge is 0.328 e. The Morgan fingerprint density at radius 3 is 2.64 bits per heavy atom. The van der Waals surface area contributed by atoms with Crippen LogP contribution in [0.5, 0.6) is 0 Å². The zero-order chi connectivity index (χ0) is 16.3. The first-order chi connectivity index (χ1) is 10.4. The summed E-state index contributed by atoms with van der Waals surface area (Å²) in [5.74, 6) is -0.524. The van der Waals surface area contributed by atoms with E-state index in [4.69, 9.17) is 11.6 Å². The number of amides is 1.